The number of ether oxygens (including phenoxy) is 1. The number of carbonyl (C=O) groups excluding carboxylic acids is 4. The van der Waals surface area contributed by atoms with E-state index in [9.17, 15) is 19.2 Å². The monoisotopic (exact) mass is 484 g/mol. The van der Waals surface area contributed by atoms with E-state index in [1.807, 2.05) is 32.0 Å². The number of hydrogen-bond donors (Lipinski definition) is 1. The van der Waals surface area contributed by atoms with Gasteiger partial charge in [0, 0.05) is 25.9 Å². The predicted molar refractivity (Wildman–Crippen MR) is 131 cm³/mol. The normalized spacial score (nSPS) is 21.6. The first kappa shape index (κ1) is 25.2. The molecule has 1 saturated carbocycles. The highest BCUT2D eigenvalue weighted by Crippen LogP contribution is 2.39. The molecule has 0 aromatic heterocycles. The molecule has 9 nitrogen and oxygen atoms in total. The van der Waals surface area contributed by atoms with Crippen LogP contribution in [0.2, 0.25) is 0 Å². The van der Waals surface area contributed by atoms with Crippen molar-refractivity contribution in [2.45, 2.75) is 70.4 Å². The van der Waals surface area contributed by atoms with Crippen molar-refractivity contribution in [3.05, 3.63) is 29.3 Å². The average Bonchev–Trinajstić information content (AvgIpc) is 3.41. The Balaban J connectivity index is 1.47. The molecule has 1 aromatic rings. The fourth-order valence-electron chi connectivity index (χ4n) is 5.44. The Morgan fingerprint density at radius 2 is 1.89 bits per heavy atom. The van der Waals surface area contributed by atoms with Gasteiger partial charge in [-0.3, -0.25) is 19.3 Å². The minimum atomic E-state index is -0.838. The molecule has 1 spiro atoms. The quantitative estimate of drug-likeness (QED) is 0.600. The van der Waals surface area contributed by atoms with Gasteiger partial charge in [-0.05, 0) is 56.7 Å². The molecule has 2 aliphatic heterocycles. The smallest absolute Gasteiger partial charge is 0.327 e. The van der Waals surface area contributed by atoms with Gasteiger partial charge in [-0.1, -0.05) is 31.4 Å². The summed E-state index contributed by atoms with van der Waals surface area (Å²) in [5.74, 6) is -1.06. The van der Waals surface area contributed by atoms with Gasteiger partial charge in [-0.15, -0.1) is 0 Å². The summed E-state index contributed by atoms with van der Waals surface area (Å²) >= 11 is 0. The van der Waals surface area contributed by atoms with E-state index in [1.165, 1.54) is 9.80 Å². The van der Waals surface area contributed by atoms with E-state index in [0.717, 1.165) is 48.1 Å². The van der Waals surface area contributed by atoms with E-state index >= 15 is 0 Å². The predicted octanol–water partition coefficient (Wildman–Crippen LogP) is 2.85. The zero-order valence-electron chi connectivity index (χ0n) is 21.0. The number of benzene rings is 1. The second-order valence-corrected chi connectivity index (χ2v) is 10.0. The zero-order chi connectivity index (χ0) is 25.2. The molecule has 1 N–H and O–H groups in total. The van der Waals surface area contributed by atoms with Crippen LogP contribution in [0.1, 0.15) is 56.1 Å². The summed E-state index contributed by atoms with van der Waals surface area (Å²) in [4.78, 5) is 56.6. The van der Waals surface area contributed by atoms with E-state index in [1.54, 1.807) is 7.05 Å². The fraction of sp³-hybridized carbons (Fsp3) is 0.615. The molecule has 2 saturated heterocycles. The number of amides is 5. The molecule has 1 atom stereocenters. The van der Waals surface area contributed by atoms with Crippen LogP contribution in [0.5, 0.6) is 0 Å². The molecular weight excluding hydrogens is 448 g/mol. The van der Waals surface area contributed by atoms with Gasteiger partial charge in [-0.25, -0.2) is 4.79 Å². The largest absolute Gasteiger partial charge is 0.376 e. The fourth-order valence-corrected chi connectivity index (χ4v) is 5.44. The Kier molecular flexibility index (Phi) is 7.44. The molecule has 0 bridgehead atoms. The first-order valence-electron chi connectivity index (χ1n) is 12.6. The Hall–Kier alpha value is -2.94. The third kappa shape index (κ3) is 5.05. The van der Waals surface area contributed by atoms with Gasteiger partial charge in [-0.2, -0.15) is 0 Å². The van der Waals surface area contributed by atoms with Crippen molar-refractivity contribution in [3.8, 4) is 0 Å². The van der Waals surface area contributed by atoms with Crippen molar-refractivity contribution < 1.29 is 23.9 Å². The molecule has 190 valence electrons. The van der Waals surface area contributed by atoms with Crippen LogP contribution in [0, 0.1) is 13.8 Å². The topological polar surface area (TPSA) is 99.3 Å². The number of anilines is 1. The third-order valence-electron chi connectivity index (χ3n) is 7.79. The first-order chi connectivity index (χ1) is 16.7. The van der Waals surface area contributed by atoms with Gasteiger partial charge in [0.05, 0.1) is 6.10 Å². The lowest BCUT2D eigenvalue weighted by Gasteiger charge is -2.35. The van der Waals surface area contributed by atoms with Crippen molar-refractivity contribution in [1.29, 1.82) is 0 Å². The Morgan fingerprint density at radius 1 is 1.14 bits per heavy atom. The number of imide groups is 1. The van der Waals surface area contributed by atoms with Crippen LogP contribution in [0.25, 0.3) is 0 Å². The van der Waals surface area contributed by atoms with E-state index in [2.05, 4.69) is 5.32 Å². The molecule has 9 heteroatoms. The summed E-state index contributed by atoms with van der Waals surface area (Å²) in [5.41, 5.74) is 1.88. The summed E-state index contributed by atoms with van der Waals surface area (Å²) in [7, 11) is 1.65. The second-order valence-electron chi connectivity index (χ2n) is 10.0. The maximum absolute atomic E-state index is 13.4. The summed E-state index contributed by atoms with van der Waals surface area (Å²) in [6, 6.07) is 5.23. The Bertz CT molecular complexity index is 997. The van der Waals surface area contributed by atoms with Gasteiger partial charge < -0.3 is 19.9 Å². The Labute approximate surface area is 206 Å². The molecule has 2 heterocycles. The average molecular weight is 485 g/mol. The Morgan fingerprint density at radius 3 is 2.57 bits per heavy atom. The van der Waals surface area contributed by atoms with Gasteiger partial charge >= 0.3 is 6.03 Å². The lowest BCUT2D eigenvalue weighted by molar-refractivity contribution is -0.142. The minimum Gasteiger partial charge on any atom is -0.376 e. The van der Waals surface area contributed by atoms with E-state index in [4.69, 9.17) is 4.74 Å². The van der Waals surface area contributed by atoms with Crippen LogP contribution in [0.4, 0.5) is 10.5 Å². The molecule has 1 aliphatic carbocycles. The standard InChI is InChI=1S/C26H36N4O5/c1-18-9-7-11-21(19(18)2)27-22(31)16-29(15-20-10-8-14-35-20)23(32)17-30-24(33)26(28(3)25(30)34)12-5-4-6-13-26/h7,9,11,20H,4-6,8,10,12-17H2,1-3H3,(H,27,31). The second kappa shape index (κ2) is 10.4. The summed E-state index contributed by atoms with van der Waals surface area (Å²) in [5, 5.41) is 2.90. The highest BCUT2D eigenvalue weighted by atomic mass is 16.5. The van der Waals surface area contributed by atoms with Crippen molar-refractivity contribution >= 4 is 29.4 Å². The maximum Gasteiger partial charge on any atom is 0.327 e. The van der Waals surface area contributed by atoms with Crippen LogP contribution in [-0.4, -0.2) is 83.4 Å². The highest BCUT2D eigenvalue weighted by molar-refractivity contribution is 6.09. The lowest BCUT2D eigenvalue weighted by Crippen LogP contribution is -2.50. The van der Waals surface area contributed by atoms with Gasteiger partial charge in [0.25, 0.3) is 5.91 Å². The number of nitrogens with zero attached hydrogens (tertiary/aromatic N) is 3. The zero-order valence-corrected chi connectivity index (χ0v) is 21.0. The number of nitrogens with one attached hydrogen (secondary N) is 1. The van der Waals surface area contributed by atoms with Gasteiger partial charge in [0.1, 0.15) is 18.6 Å². The SMILES string of the molecule is Cc1cccc(NC(=O)CN(CC2CCCO2)C(=O)CN2C(=O)N(C)C3(CCCCC3)C2=O)c1C. The summed E-state index contributed by atoms with van der Waals surface area (Å²) < 4.78 is 5.71. The van der Waals surface area contributed by atoms with Crippen molar-refractivity contribution in [1.82, 2.24) is 14.7 Å². The molecule has 1 unspecified atom stereocenters. The van der Waals surface area contributed by atoms with Crippen LogP contribution in [-0.2, 0) is 19.1 Å². The van der Waals surface area contributed by atoms with Crippen LogP contribution in [0.3, 0.4) is 0 Å². The van der Waals surface area contributed by atoms with E-state index < -0.39 is 17.5 Å². The number of rotatable bonds is 7. The molecule has 5 amide bonds. The number of urea groups is 1. The van der Waals surface area contributed by atoms with Crippen LogP contribution < -0.4 is 5.32 Å². The van der Waals surface area contributed by atoms with E-state index in [0.29, 0.717) is 25.1 Å². The third-order valence-corrected chi connectivity index (χ3v) is 7.79. The molecule has 0 radical (unpaired) electrons. The highest BCUT2D eigenvalue weighted by Gasteiger charge is 2.56. The number of likely N-dealkylation sites (N-methyl/N-ethyl adjacent to an activating group) is 1. The van der Waals surface area contributed by atoms with Crippen LogP contribution in [0.15, 0.2) is 18.2 Å². The molecular formula is C26H36N4O5. The number of carbonyl (C=O) groups is 4. The summed E-state index contributed by atoms with van der Waals surface area (Å²) in [6.45, 7) is 4.23. The van der Waals surface area contributed by atoms with E-state index in [-0.39, 0.29) is 37.6 Å². The van der Waals surface area contributed by atoms with Gasteiger partial charge in [0.15, 0.2) is 0 Å². The van der Waals surface area contributed by atoms with Gasteiger partial charge in [0.2, 0.25) is 11.8 Å². The molecule has 1 aromatic carbocycles. The number of hydrogen-bond acceptors (Lipinski definition) is 5. The molecule has 4 rings (SSSR count). The molecule has 3 fully saturated rings. The number of aryl methyl sites for hydroxylation is 1. The lowest BCUT2D eigenvalue weighted by atomic mass is 9.81. The summed E-state index contributed by atoms with van der Waals surface area (Å²) in [6.07, 6.45) is 5.59. The molecule has 3 aliphatic rings. The maximum atomic E-state index is 13.4. The van der Waals surface area contributed by atoms with Crippen molar-refractivity contribution in [3.63, 3.8) is 0 Å². The minimum absolute atomic E-state index is 0.162. The first-order valence-corrected chi connectivity index (χ1v) is 12.6. The molecule has 35 heavy (non-hydrogen) atoms. The van der Waals surface area contributed by atoms with Crippen molar-refractivity contribution in [2.75, 3.05) is 38.6 Å². The van der Waals surface area contributed by atoms with Crippen molar-refractivity contribution in [2.24, 2.45) is 0 Å². The van der Waals surface area contributed by atoms with Crippen LogP contribution >= 0.6 is 0 Å².